The average Bonchev–Trinajstić information content (AvgIpc) is 3.59. The van der Waals surface area contributed by atoms with Crippen molar-refractivity contribution in [1.82, 2.24) is 20.2 Å². The van der Waals surface area contributed by atoms with Crippen molar-refractivity contribution in [3.8, 4) is 0 Å². The topological polar surface area (TPSA) is 114 Å². The zero-order valence-electron chi connectivity index (χ0n) is 23.6. The van der Waals surface area contributed by atoms with Crippen LogP contribution >= 0.6 is 22.9 Å². The largest absolute Gasteiger partial charge is 0.444 e. The summed E-state index contributed by atoms with van der Waals surface area (Å²) in [6.45, 7) is 6.55. The molecule has 41 heavy (non-hydrogen) atoms. The molecule has 2 aromatic heterocycles. The number of nitrogens with zero attached hydrogens (tertiary/aromatic N) is 2. The Bertz CT molecular complexity index is 1510. The summed E-state index contributed by atoms with van der Waals surface area (Å²) in [7, 11) is 0. The third-order valence-corrected chi connectivity index (χ3v) is 8.65. The van der Waals surface area contributed by atoms with Gasteiger partial charge in [0, 0.05) is 16.3 Å². The number of hydrogen-bond acceptors (Lipinski definition) is 7. The number of thiophene rings is 1. The van der Waals surface area contributed by atoms with Crippen LogP contribution in [0.4, 0.5) is 10.6 Å². The highest BCUT2D eigenvalue weighted by atomic mass is 35.5. The Balaban J connectivity index is 1.20. The lowest BCUT2D eigenvalue weighted by atomic mass is 9.90. The van der Waals surface area contributed by atoms with E-state index in [0.29, 0.717) is 38.2 Å². The lowest BCUT2D eigenvalue weighted by molar-refractivity contribution is -0.124. The van der Waals surface area contributed by atoms with Crippen molar-refractivity contribution in [1.29, 1.82) is 0 Å². The van der Waals surface area contributed by atoms with Crippen LogP contribution in [0, 0.1) is 0 Å². The smallest absolute Gasteiger partial charge is 0.407 e. The number of fused-ring (bicyclic) bond motifs is 2. The van der Waals surface area contributed by atoms with Crippen LogP contribution in [-0.2, 0) is 48.4 Å². The lowest BCUT2D eigenvalue weighted by Crippen LogP contribution is -2.36. The molecule has 2 aliphatic rings. The molecule has 2 amide bonds. The molecule has 218 valence electrons. The van der Waals surface area contributed by atoms with Gasteiger partial charge < -0.3 is 20.7 Å². The van der Waals surface area contributed by atoms with Crippen LogP contribution in [-0.4, -0.2) is 27.2 Å². The van der Waals surface area contributed by atoms with Gasteiger partial charge in [-0.25, -0.2) is 9.78 Å². The number of hydrogen-bond donors (Lipinski definition) is 3. The standard InChI is InChI=1S/C30H36ClN5O4S/c1-30(2,3)40-29(39)34-17-22-11-10-21(41-22)16-33-27(37)24-13-12-23-25(31)35-26(28(38)36(23)24)32-15-18-8-9-19-6-4-5-7-20(19)14-18/h8-11,14,24H,4-7,12-13,15-17H2,1-3H3,(H,32,35)(H,33,37)(H,34,39)/t24-/m0/s1. The quantitative estimate of drug-likeness (QED) is 0.326. The number of alkyl carbamates (subject to hydrolysis) is 1. The zero-order chi connectivity index (χ0) is 29.1. The summed E-state index contributed by atoms with van der Waals surface area (Å²) in [6, 6.07) is 9.63. The van der Waals surface area contributed by atoms with E-state index in [4.69, 9.17) is 16.3 Å². The van der Waals surface area contributed by atoms with Gasteiger partial charge >= 0.3 is 6.09 Å². The molecule has 5 rings (SSSR count). The summed E-state index contributed by atoms with van der Waals surface area (Å²) in [5.41, 5.74) is 3.55. The highest BCUT2D eigenvalue weighted by Gasteiger charge is 2.32. The van der Waals surface area contributed by atoms with Crippen molar-refractivity contribution < 1.29 is 14.3 Å². The third-order valence-electron chi connectivity index (χ3n) is 7.26. The van der Waals surface area contributed by atoms with Gasteiger partial charge in [0.15, 0.2) is 11.0 Å². The van der Waals surface area contributed by atoms with Gasteiger partial charge in [-0.3, -0.25) is 14.2 Å². The second-order valence-electron chi connectivity index (χ2n) is 11.5. The minimum Gasteiger partial charge on any atom is -0.444 e. The molecular formula is C30H36ClN5O4S. The molecule has 1 aliphatic heterocycles. The molecule has 0 saturated heterocycles. The molecule has 11 heteroatoms. The first-order valence-electron chi connectivity index (χ1n) is 14.0. The molecule has 0 spiro atoms. The minimum absolute atomic E-state index is 0.150. The van der Waals surface area contributed by atoms with E-state index in [1.54, 1.807) is 0 Å². The Hall–Kier alpha value is -3.37. The number of amides is 2. The Morgan fingerprint density at radius 2 is 1.73 bits per heavy atom. The summed E-state index contributed by atoms with van der Waals surface area (Å²) >= 11 is 7.97. The Morgan fingerprint density at radius 1 is 1.02 bits per heavy atom. The molecule has 0 fully saturated rings. The number of nitrogens with one attached hydrogen (secondary N) is 3. The molecule has 9 nitrogen and oxygen atoms in total. The monoisotopic (exact) mass is 597 g/mol. The van der Waals surface area contributed by atoms with Gasteiger partial charge in [-0.15, -0.1) is 11.3 Å². The molecule has 3 aromatic rings. The minimum atomic E-state index is -0.657. The van der Waals surface area contributed by atoms with Gasteiger partial charge in [-0.1, -0.05) is 29.8 Å². The fourth-order valence-electron chi connectivity index (χ4n) is 5.33. The predicted octanol–water partition coefficient (Wildman–Crippen LogP) is 5.28. The van der Waals surface area contributed by atoms with Gasteiger partial charge in [0.1, 0.15) is 11.6 Å². The maximum absolute atomic E-state index is 13.4. The van der Waals surface area contributed by atoms with E-state index in [1.807, 2.05) is 32.9 Å². The van der Waals surface area contributed by atoms with Gasteiger partial charge in [0.05, 0.1) is 18.8 Å². The Morgan fingerprint density at radius 3 is 2.46 bits per heavy atom. The fraction of sp³-hybridized carbons (Fsp3) is 0.467. The van der Waals surface area contributed by atoms with Gasteiger partial charge in [0.25, 0.3) is 5.56 Å². The first kappa shape index (κ1) is 29.1. The zero-order valence-corrected chi connectivity index (χ0v) is 25.2. The van der Waals surface area contributed by atoms with E-state index in [9.17, 15) is 14.4 Å². The van der Waals surface area contributed by atoms with Gasteiger partial charge in [0.2, 0.25) is 5.91 Å². The predicted molar refractivity (Wildman–Crippen MR) is 161 cm³/mol. The average molecular weight is 598 g/mol. The van der Waals surface area contributed by atoms with E-state index in [2.05, 4.69) is 39.1 Å². The number of halogens is 1. The first-order chi connectivity index (χ1) is 19.6. The van der Waals surface area contributed by atoms with Crippen LogP contribution in [0.1, 0.15) is 78.2 Å². The Labute approximate surface area is 248 Å². The molecule has 0 bridgehead atoms. The number of aryl methyl sites for hydroxylation is 2. The van der Waals surface area contributed by atoms with Gasteiger partial charge in [-0.2, -0.15) is 0 Å². The SMILES string of the molecule is CC(C)(C)OC(=O)NCc1ccc(CNC(=O)[C@@H]2CCc3c(Cl)nc(NCc4ccc5c(c4)CCCC5)c(=O)n32)s1. The molecule has 3 N–H and O–H groups in total. The fourth-order valence-corrected chi connectivity index (χ4v) is 6.49. The first-order valence-corrected chi connectivity index (χ1v) is 15.2. The third kappa shape index (κ3) is 7.11. The molecule has 1 aromatic carbocycles. The number of benzene rings is 1. The van der Waals surface area contributed by atoms with E-state index in [0.717, 1.165) is 28.2 Å². The summed E-state index contributed by atoms with van der Waals surface area (Å²) in [5.74, 6) is -0.0906. The van der Waals surface area contributed by atoms with Crippen molar-refractivity contribution in [3.63, 3.8) is 0 Å². The molecule has 3 heterocycles. The maximum atomic E-state index is 13.4. The van der Waals surface area contributed by atoms with Crippen LogP contribution < -0.4 is 21.5 Å². The van der Waals surface area contributed by atoms with Crippen molar-refractivity contribution in [2.24, 2.45) is 0 Å². The lowest BCUT2D eigenvalue weighted by Gasteiger charge is -2.19. The number of ether oxygens (including phenoxy) is 1. The van der Waals surface area contributed by atoms with E-state index < -0.39 is 17.7 Å². The van der Waals surface area contributed by atoms with Crippen molar-refractivity contribution >= 4 is 40.8 Å². The summed E-state index contributed by atoms with van der Waals surface area (Å²) in [6.07, 6.45) is 5.15. The number of anilines is 1. The molecule has 1 aliphatic carbocycles. The summed E-state index contributed by atoms with van der Waals surface area (Å²) < 4.78 is 6.76. The van der Waals surface area contributed by atoms with E-state index in [-0.39, 0.29) is 22.4 Å². The van der Waals surface area contributed by atoms with Crippen LogP contribution in [0.2, 0.25) is 5.15 Å². The molecule has 1 atom stereocenters. The second-order valence-corrected chi connectivity index (χ2v) is 13.1. The molecule has 0 saturated carbocycles. The van der Waals surface area contributed by atoms with E-state index >= 15 is 0 Å². The molecular weight excluding hydrogens is 562 g/mol. The Kier molecular flexibility index (Phi) is 8.70. The number of carbonyl (C=O) groups excluding carboxylic acids is 2. The second kappa shape index (κ2) is 12.2. The van der Waals surface area contributed by atoms with Crippen LogP contribution in [0.25, 0.3) is 0 Å². The van der Waals surface area contributed by atoms with Crippen LogP contribution in [0.15, 0.2) is 35.1 Å². The van der Waals surface area contributed by atoms with Crippen molar-refractivity contribution in [2.45, 2.75) is 90.6 Å². The highest BCUT2D eigenvalue weighted by Crippen LogP contribution is 2.29. The van der Waals surface area contributed by atoms with Crippen LogP contribution in [0.5, 0.6) is 0 Å². The molecule has 0 unspecified atom stereocenters. The number of carbonyl (C=O) groups is 2. The summed E-state index contributed by atoms with van der Waals surface area (Å²) in [5, 5.41) is 9.10. The number of rotatable bonds is 8. The number of aromatic nitrogens is 2. The van der Waals surface area contributed by atoms with Gasteiger partial charge in [-0.05, 0) is 88.1 Å². The molecule has 0 radical (unpaired) electrons. The van der Waals surface area contributed by atoms with E-state index in [1.165, 1.54) is 39.9 Å². The maximum Gasteiger partial charge on any atom is 0.407 e. The van der Waals surface area contributed by atoms with Crippen molar-refractivity contribution in [2.75, 3.05) is 5.32 Å². The van der Waals surface area contributed by atoms with Crippen LogP contribution in [0.3, 0.4) is 0 Å². The highest BCUT2D eigenvalue weighted by molar-refractivity contribution is 7.12. The van der Waals surface area contributed by atoms with Crippen molar-refractivity contribution in [3.05, 3.63) is 78.0 Å². The summed E-state index contributed by atoms with van der Waals surface area (Å²) in [4.78, 5) is 44.8. The normalized spacial score (nSPS) is 16.0.